The Balaban J connectivity index is 1.53. The van der Waals surface area contributed by atoms with Gasteiger partial charge in [0, 0.05) is 43.2 Å². The van der Waals surface area contributed by atoms with Crippen molar-refractivity contribution in [2.75, 3.05) is 41.7 Å². The molecule has 1 fully saturated rings. The summed E-state index contributed by atoms with van der Waals surface area (Å²) in [6.07, 6.45) is 0. The van der Waals surface area contributed by atoms with E-state index in [0.717, 1.165) is 43.2 Å². The van der Waals surface area contributed by atoms with Crippen LogP contribution in [0.5, 0.6) is 0 Å². The van der Waals surface area contributed by atoms with Gasteiger partial charge in [0.2, 0.25) is 0 Å². The van der Waals surface area contributed by atoms with Gasteiger partial charge in [-0.2, -0.15) is 0 Å². The van der Waals surface area contributed by atoms with Gasteiger partial charge in [0.05, 0.1) is 4.71 Å². The van der Waals surface area contributed by atoms with E-state index in [1.165, 1.54) is 0 Å². The third-order valence-electron chi connectivity index (χ3n) is 4.16. The van der Waals surface area contributed by atoms with Gasteiger partial charge in [-0.05, 0) is 36.4 Å². The highest BCUT2D eigenvalue weighted by Gasteiger charge is 2.19. The zero-order chi connectivity index (χ0) is 17.6. The van der Waals surface area contributed by atoms with Gasteiger partial charge in [-0.25, -0.2) is 4.79 Å². The summed E-state index contributed by atoms with van der Waals surface area (Å²) < 4.78 is -0.00291. The predicted octanol–water partition coefficient (Wildman–Crippen LogP) is 3.60. The Morgan fingerprint density at radius 2 is 1.40 bits per heavy atom. The van der Waals surface area contributed by atoms with Crippen LogP contribution in [0.4, 0.5) is 21.9 Å². The minimum atomic E-state index is -0.249. The first kappa shape index (κ1) is 18.0. The van der Waals surface area contributed by atoms with Gasteiger partial charge in [-0.3, -0.25) is 4.90 Å². The van der Waals surface area contributed by atoms with Gasteiger partial charge >= 0.3 is 6.03 Å². The summed E-state index contributed by atoms with van der Waals surface area (Å²) in [4.78, 5) is 16.6. The molecule has 2 amide bonds. The molecule has 0 aromatic heterocycles. The highest BCUT2D eigenvalue weighted by molar-refractivity contribution is 7.99. The molecule has 0 bridgehead atoms. The lowest BCUT2D eigenvalue weighted by Gasteiger charge is -2.37. The Labute approximate surface area is 159 Å². The topological polar surface area (TPSA) is 47.6 Å². The summed E-state index contributed by atoms with van der Waals surface area (Å²) in [6, 6.07) is 17.0. The van der Waals surface area contributed by atoms with Gasteiger partial charge in [-0.15, -0.1) is 25.3 Å². The first-order valence-corrected chi connectivity index (χ1v) is 9.23. The van der Waals surface area contributed by atoms with E-state index >= 15 is 0 Å². The van der Waals surface area contributed by atoms with Crippen LogP contribution >= 0.6 is 25.3 Å². The number of urea groups is 1. The van der Waals surface area contributed by atoms with Crippen LogP contribution in [0.2, 0.25) is 0 Å². The van der Waals surface area contributed by atoms with E-state index in [9.17, 15) is 4.79 Å². The van der Waals surface area contributed by atoms with E-state index < -0.39 is 0 Å². The molecule has 0 aliphatic carbocycles. The first-order chi connectivity index (χ1) is 12.1. The molecule has 2 aromatic rings. The summed E-state index contributed by atoms with van der Waals surface area (Å²) in [5.74, 6) is 0. The second kappa shape index (κ2) is 8.51. The highest BCUT2D eigenvalue weighted by atomic mass is 32.2. The van der Waals surface area contributed by atoms with E-state index in [4.69, 9.17) is 0 Å². The average Bonchev–Trinajstić information content (AvgIpc) is 2.63. The maximum Gasteiger partial charge on any atom is 0.323 e. The predicted molar refractivity (Wildman–Crippen MR) is 111 cm³/mol. The van der Waals surface area contributed by atoms with E-state index in [2.05, 4.69) is 45.7 Å². The van der Waals surface area contributed by atoms with E-state index in [1.807, 2.05) is 54.6 Å². The molecule has 0 saturated carbocycles. The number of nitrogens with zero attached hydrogens (tertiary/aromatic N) is 2. The molecule has 0 radical (unpaired) electrons. The molecule has 7 heteroatoms. The van der Waals surface area contributed by atoms with Crippen molar-refractivity contribution < 1.29 is 4.79 Å². The van der Waals surface area contributed by atoms with Gasteiger partial charge in [-0.1, -0.05) is 18.2 Å². The zero-order valence-corrected chi connectivity index (χ0v) is 15.6. The van der Waals surface area contributed by atoms with Gasteiger partial charge in [0.1, 0.15) is 0 Å². The summed E-state index contributed by atoms with van der Waals surface area (Å²) in [7, 11) is 0. The van der Waals surface area contributed by atoms with Crippen LogP contribution in [0.25, 0.3) is 0 Å². The molecular formula is C18H22N4OS2. The van der Waals surface area contributed by atoms with Crippen LogP contribution in [0.1, 0.15) is 0 Å². The zero-order valence-electron chi connectivity index (χ0n) is 13.8. The molecule has 5 nitrogen and oxygen atoms in total. The molecule has 1 aliphatic rings. The van der Waals surface area contributed by atoms with Crippen LogP contribution in [0.3, 0.4) is 0 Å². The number of piperazine rings is 1. The summed E-state index contributed by atoms with van der Waals surface area (Å²) in [6.45, 7) is 3.77. The third-order valence-corrected chi connectivity index (χ3v) is 4.82. The Morgan fingerprint density at radius 1 is 0.840 bits per heavy atom. The van der Waals surface area contributed by atoms with Crippen molar-refractivity contribution >= 4 is 48.4 Å². The lowest BCUT2D eigenvalue weighted by atomic mass is 10.2. The molecular weight excluding hydrogens is 352 g/mol. The van der Waals surface area contributed by atoms with Crippen molar-refractivity contribution in [1.82, 2.24) is 4.90 Å². The minimum absolute atomic E-state index is 0.00291. The standard InChI is InChI=1S/C18H22N4OS2/c23-17(19-14-4-2-1-3-5-14)20-15-6-8-16(9-7-15)21-10-12-22(13-11-21)18(24)25/h1-9,18,24-25H,10-13H2,(H2,19,20,23). The lowest BCUT2D eigenvalue weighted by Crippen LogP contribution is -2.47. The van der Waals surface area contributed by atoms with Crippen LogP contribution in [0.15, 0.2) is 54.6 Å². The number of anilines is 3. The molecule has 132 valence electrons. The van der Waals surface area contributed by atoms with Gasteiger partial charge in [0.25, 0.3) is 0 Å². The van der Waals surface area contributed by atoms with Gasteiger partial charge < -0.3 is 15.5 Å². The number of para-hydroxylation sites is 1. The quantitative estimate of drug-likeness (QED) is 0.489. The molecule has 3 rings (SSSR count). The largest absolute Gasteiger partial charge is 0.369 e. The Hall–Kier alpha value is -1.83. The Bertz CT molecular complexity index is 686. The number of rotatable bonds is 4. The molecule has 1 heterocycles. The number of thiol groups is 2. The fourth-order valence-corrected chi connectivity index (χ4v) is 3.24. The normalized spacial score (nSPS) is 15.2. The number of nitrogens with one attached hydrogen (secondary N) is 2. The van der Waals surface area contributed by atoms with Crippen molar-refractivity contribution in [2.45, 2.75) is 4.71 Å². The lowest BCUT2D eigenvalue weighted by molar-refractivity contribution is 0.262. The SMILES string of the molecule is O=C(Nc1ccccc1)Nc1ccc(N2CCN(C(S)S)CC2)cc1. The molecule has 2 aromatic carbocycles. The maximum atomic E-state index is 12.0. The molecule has 25 heavy (non-hydrogen) atoms. The number of amides is 2. The summed E-state index contributed by atoms with van der Waals surface area (Å²) >= 11 is 8.73. The van der Waals surface area contributed by atoms with Crippen LogP contribution in [0, 0.1) is 0 Å². The average molecular weight is 375 g/mol. The number of hydrogen-bond donors (Lipinski definition) is 4. The summed E-state index contributed by atoms with van der Waals surface area (Å²) in [5, 5.41) is 5.65. The van der Waals surface area contributed by atoms with E-state index in [1.54, 1.807) is 0 Å². The molecule has 0 atom stereocenters. The molecule has 0 spiro atoms. The number of carbonyl (C=O) groups excluding carboxylic acids is 1. The van der Waals surface area contributed by atoms with Crippen molar-refractivity contribution in [3.63, 3.8) is 0 Å². The van der Waals surface area contributed by atoms with E-state index in [0.29, 0.717) is 0 Å². The number of benzene rings is 2. The second-order valence-corrected chi connectivity index (χ2v) is 7.25. The third kappa shape index (κ3) is 5.07. The van der Waals surface area contributed by atoms with Crippen LogP contribution in [-0.2, 0) is 0 Å². The van der Waals surface area contributed by atoms with Crippen LogP contribution in [-0.4, -0.2) is 41.8 Å². The summed E-state index contributed by atoms with van der Waals surface area (Å²) in [5.41, 5.74) is 2.69. The molecule has 0 unspecified atom stereocenters. The monoisotopic (exact) mass is 374 g/mol. The Kier molecular flexibility index (Phi) is 6.12. The smallest absolute Gasteiger partial charge is 0.323 e. The van der Waals surface area contributed by atoms with Crippen LogP contribution < -0.4 is 15.5 Å². The maximum absolute atomic E-state index is 12.0. The minimum Gasteiger partial charge on any atom is -0.369 e. The van der Waals surface area contributed by atoms with Crippen molar-refractivity contribution in [3.8, 4) is 0 Å². The van der Waals surface area contributed by atoms with E-state index in [-0.39, 0.29) is 10.7 Å². The highest BCUT2D eigenvalue weighted by Crippen LogP contribution is 2.21. The van der Waals surface area contributed by atoms with Crippen molar-refractivity contribution in [3.05, 3.63) is 54.6 Å². The molecule has 1 saturated heterocycles. The first-order valence-electron chi connectivity index (χ1n) is 8.20. The van der Waals surface area contributed by atoms with Gasteiger partial charge in [0.15, 0.2) is 0 Å². The number of carbonyl (C=O) groups is 1. The fourth-order valence-electron chi connectivity index (χ4n) is 2.78. The van der Waals surface area contributed by atoms with Crippen molar-refractivity contribution in [2.24, 2.45) is 0 Å². The fraction of sp³-hybridized carbons (Fsp3) is 0.278. The van der Waals surface area contributed by atoms with Crippen molar-refractivity contribution in [1.29, 1.82) is 0 Å². The molecule has 1 aliphatic heterocycles. The Morgan fingerprint density at radius 3 is 1.96 bits per heavy atom. The molecule has 2 N–H and O–H groups in total. The number of hydrogen-bond acceptors (Lipinski definition) is 5. The second-order valence-electron chi connectivity index (χ2n) is 5.86.